The van der Waals surface area contributed by atoms with Crippen LogP contribution >= 0.6 is 0 Å². The number of ether oxygens (including phenoxy) is 4. The first-order valence-corrected chi connectivity index (χ1v) is 11.1. The second-order valence-electron chi connectivity index (χ2n) is 7.87. The van der Waals surface area contributed by atoms with E-state index in [1.54, 1.807) is 7.11 Å². The third-order valence-corrected chi connectivity index (χ3v) is 5.26. The fourth-order valence-electron chi connectivity index (χ4n) is 3.34. The SMILES string of the molecule is COc1ccc(COC[C@@H]2O[C@H]2C/C=C/CCC[C@@H](O)COCc2ccccc2)cc1. The van der Waals surface area contributed by atoms with Crippen LogP contribution in [0.2, 0.25) is 0 Å². The molecule has 0 aliphatic carbocycles. The minimum Gasteiger partial charge on any atom is -0.497 e. The topological polar surface area (TPSA) is 60.5 Å². The zero-order valence-electron chi connectivity index (χ0n) is 18.3. The number of methoxy groups -OCH3 is 1. The number of hydrogen-bond acceptors (Lipinski definition) is 5. The Kier molecular flexibility index (Phi) is 10.1. The van der Waals surface area contributed by atoms with E-state index in [0.717, 1.165) is 42.6 Å². The number of benzene rings is 2. The van der Waals surface area contributed by atoms with Crippen molar-refractivity contribution in [2.75, 3.05) is 20.3 Å². The second-order valence-corrected chi connectivity index (χ2v) is 7.87. The van der Waals surface area contributed by atoms with E-state index in [9.17, 15) is 5.11 Å². The monoisotopic (exact) mass is 426 g/mol. The minimum absolute atomic E-state index is 0.200. The maximum Gasteiger partial charge on any atom is 0.118 e. The lowest BCUT2D eigenvalue weighted by molar-refractivity contribution is 0.0238. The number of hydrogen-bond donors (Lipinski definition) is 1. The highest BCUT2D eigenvalue weighted by molar-refractivity contribution is 5.26. The molecule has 1 aliphatic heterocycles. The first kappa shape index (κ1) is 23.5. The average molecular weight is 427 g/mol. The molecule has 5 nitrogen and oxygen atoms in total. The molecule has 3 rings (SSSR count). The zero-order valence-corrected chi connectivity index (χ0v) is 18.3. The Hall–Kier alpha value is -2.18. The van der Waals surface area contributed by atoms with Gasteiger partial charge in [0.05, 0.1) is 45.7 Å². The van der Waals surface area contributed by atoms with Crippen LogP contribution in [0.25, 0.3) is 0 Å². The number of allylic oxidation sites excluding steroid dienone is 1. The Bertz CT molecular complexity index is 759. The molecule has 0 unspecified atom stereocenters. The van der Waals surface area contributed by atoms with Gasteiger partial charge in [0.15, 0.2) is 0 Å². The lowest BCUT2D eigenvalue weighted by Gasteiger charge is -2.10. The van der Waals surface area contributed by atoms with Crippen molar-refractivity contribution in [3.63, 3.8) is 0 Å². The lowest BCUT2D eigenvalue weighted by Crippen LogP contribution is -2.14. The summed E-state index contributed by atoms with van der Waals surface area (Å²) in [5.41, 5.74) is 2.26. The standard InChI is InChI=1S/C26H34O5/c1-28-24-15-13-22(14-16-24)18-30-20-26-25(31-26)12-8-3-2-7-11-23(27)19-29-17-21-9-5-4-6-10-21/h3-6,8-10,13-16,23,25-27H,2,7,11-12,17-20H2,1H3/b8-3+/t23-,25+,26+/m1/s1. The molecule has 1 aliphatic rings. The van der Waals surface area contributed by atoms with Crippen molar-refractivity contribution in [2.24, 2.45) is 0 Å². The van der Waals surface area contributed by atoms with Crippen molar-refractivity contribution in [2.45, 2.75) is 57.2 Å². The van der Waals surface area contributed by atoms with Gasteiger partial charge in [-0.1, -0.05) is 54.6 Å². The minimum atomic E-state index is -0.406. The van der Waals surface area contributed by atoms with E-state index >= 15 is 0 Å². The molecule has 31 heavy (non-hydrogen) atoms. The van der Waals surface area contributed by atoms with Crippen LogP contribution in [0.4, 0.5) is 0 Å². The van der Waals surface area contributed by atoms with Crippen LogP contribution in [0.3, 0.4) is 0 Å². The van der Waals surface area contributed by atoms with Gasteiger partial charge in [0.2, 0.25) is 0 Å². The van der Waals surface area contributed by atoms with Gasteiger partial charge in [0, 0.05) is 0 Å². The molecule has 1 heterocycles. The van der Waals surface area contributed by atoms with E-state index in [1.165, 1.54) is 0 Å². The number of unbranched alkanes of at least 4 members (excludes halogenated alkanes) is 1. The molecule has 0 spiro atoms. The molecule has 0 radical (unpaired) electrons. The van der Waals surface area contributed by atoms with Gasteiger partial charge in [0.25, 0.3) is 0 Å². The molecule has 0 saturated carbocycles. The maximum atomic E-state index is 10.0. The van der Waals surface area contributed by atoms with E-state index in [-0.39, 0.29) is 12.2 Å². The Balaban J connectivity index is 1.15. The molecular weight excluding hydrogens is 392 g/mol. The van der Waals surface area contributed by atoms with Crippen molar-refractivity contribution < 1.29 is 24.1 Å². The average Bonchev–Trinajstić information content (AvgIpc) is 3.55. The Morgan fingerprint density at radius 3 is 2.45 bits per heavy atom. The molecule has 0 aromatic heterocycles. The predicted octanol–water partition coefficient (Wildman–Crippen LogP) is 4.67. The third-order valence-electron chi connectivity index (χ3n) is 5.26. The number of rotatable bonds is 15. The van der Waals surface area contributed by atoms with Crippen LogP contribution in [0, 0.1) is 0 Å². The van der Waals surface area contributed by atoms with E-state index in [2.05, 4.69) is 12.2 Å². The molecule has 1 fully saturated rings. The van der Waals surface area contributed by atoms with E-state index in [1.807, 2.05) is 54.6 Å². The van der Waals surface area contributed by atoms with Gasteiger partial charge in [-0.3, -0.25) is 0 Å². The molecule has 0 bridgehead atoms. The van der Waals surface area contributed by atoms with Crippen molar-refractivity contribution in [3.05, 3.63) is 77.9 Å². The summed E-state index contributed by atoms with van der Waals surface area (Å²) in [4.78, 5) is 0. The number of aliphatic hydroxyl groups excluding tert-OH is 1. The van der Waals surface area contributed by atoms with Crippen LogP contribution < -0.4 is 4.74 Å². The maximum absolute atomic E-state index is 10.0. The highest BCUT2D eigenvalue weighted by Gasteiger charge is 2.37. The summed E-state index contributed by atoms with van der Waals surface area (Å²) in [6, 6.07) is 17.9. The van der Waals surface area contributed by atoms with Crippen molar-refractivity contribution in [3.8, 4) is 5.75 Å². The molecule has 0 amide bonds. The molecule has 3 atom stereocenters. The number of aliphatic hydroxyl groups is 1. The first-order valence-electron chi connectivity index (χ1n) is 11.1. The number of epoxide rings is 1. The van der Waals surface area contributed by atoms with Gasteiger partial charge in [0.1, 0.15) is 11.9 Å². The van der Waals surface area contributed by atoms with E-state index in [4.69, 9.17) is 18.9 Å². The van der Waals surface area contributed by atoms with Crippen molar-refractivity contribution in [1.29, 1.82) is 0 Å². The van der Waals surface area contributed by atoms with E-state index in [0.29, 0.717) is 26.4 Å². The highest BCUT2D eigenvalue weighted by Crippen LogP contribution is 2.26. The van der Waals surface area contributed by atoms with Crippen LogP contribution in [0.15, 0.2) is 66.7 Å². The van der Waals surface area contributed by atoms with E-state index < -0.39 is 6.10 Å². The molecule has 2 aromatic rings. The molecule has 5 heteroatoms. The summed E-state index contributed by atoms with van der Waals surface area (Å²) in [5.74, 6) is 0.854. The Morgan fingerprint density at radius 2 is 1.68 bits per heavy atom. The largest absolute Gasteiger partial charge is 0.497 e. The summed E-state index contributed by atoms with van der Waals surface area (Å²) in [6.45, 7) is 2.14. The van der Waals surface area contributed by atoms with Crippen molar-refractivity contribution in [1.82, 2.24) is 0 Å². The quantitative estimate of drug-likeness (QED) is 0.255. The Morgan fingerprint density at radius 1 is 0.935 bits per heavy atom. The van der Waals surface area contributed by atoms with Crippen LogP contribution in [-0.2, 0) is 27.4 Å². The lowest BCUT2D eigenvalue weighted by atomic mass is 10.1. The van der Waals surface area contributed by atoms with Gasteiger partial charge < -0.3 is 24.1 Å². The Labute approximate surface area is 185 Å². The summed E-state index contributed by atoms with van der Waals surface area (Å²) in [6.07, 6.45) is 7.99. The summed E-state index contributed by atoms with van der Waals surface area (Å²) < 4.78 is 22.1. The summed E-state index contributed by atoms with van der Waals surface area (Å²) in [5, 5.41) is 10.0. The zero-order chi connectivity index (χ0) is 21.7. The fourth-order valence-corrected chi connectivity index (χ4v) is 3.34. The van der Waals surface area contributed by atoms with Crippen LogP contribution in [-0.4, -0.2) is 43.7 Å². The predicted molar refractivity (Wildman–Crippen MR) is 121 cm³/mol. The first-order chi connectivity index (χ1) is 15.2. The van der Waals surface area contributed by atoms with Gasteiger partial charge in [-0.05, 0) is 48.9 Å². The third kappa shape index (κ3) is 9.23. The second kappa shape index (κ2) is 13.3. The summed E-state index contributed by atoms with van der Waals surface area (Å²) in [7, 11) is 1.66. The highest BCUT2D eigenvalue weighted by atomic mass is 16.6. The molecule has 1 saturated heterocycles. The smallest absolute Gasteiger partial charge is 0.118 e. The van der Waals surface area contributed by atoms with Crippen LogP contribution in [0.5, 0.6) is 5.75 Å². The normalized spacial score (nSPS) is 18.9. The fraction of sp³-hybridized carbons (Fsp3) is 0.462. The molecule has 168 valence electrons. The molecule has 2 aromatic carbocycles. The summed E-state index contributed by atoms with van der Waals surface area (Å²) >= 11 is 0. The molecule has 1 N–H and O–H groups in total. The molecular formula is C26H34O5. The van der Waals surface area contributed by atoms with Gasteiger partial charge >= 0.3 is 0 Å². The van der Waals surface area contributed by atoms with Gasteiger partial charge in [-0.25, -0.2) is 0 Å². The van der Waals surface area contributed by atoms with Gasteiger partial charge in [-0.2, -0.15) is 0 Å². The van der Waals surface area contributed by atoms with Crippen molar-refractivity contribution >= 4 is 0 Å². The van der Waals surface area contributed by atoms with Crippen LogP contribution in [0.1, 0.15) is 36.8 Å². The van der Waals surface area contributed by atoms with Gasteiger partial charge in [-0.15, -0.1) is 0 Å².